The third kappa shape index (κ3) is 4.15. The zero-order valence-electron chi connectivity index (χ0n) is 17.4. The van der Waals surface area contributed by atoms with Crippen molar-refractivity contribution in [2.75, 3.05) is 13.1 Å². The molecule has 2 aromatic carbocycles. The average Bonchev–Trinajstić information content (AvgIpc) is 3.40. The second-order valence-corrected chi connectivity index (χ2v) is 9.40. The molecule has 1 aliphatic carbocycles. The van der Waals surface area contributed by atoms with E-state index in [0.29, 0.717) is 16.9 Å². The molecule has 1 amide bonds. The van der Waals surface area contributed by atoms with Gasteiger partial charge in [0.15, 0.2) is 0 Å². The number of piperidine rings is 1. The lowest BCUT2D eigenvalue weighted by Gasteiger charge is -2.34. The number of hydrogen-bond acceptors (Lipinski definition) is 3. The van der Waals surface area contributed by atoms with Crippen molar-refractivity contribution in [3.05, 3.63) is 59.7 Å². The maximum Gasteiger partial charge on any atom is 0.410 e. The lowest BCUT2D eigenvalue weighted by atomic mass is 9.88. The van der Waals surface area contributed by atoms with Gasteiger partial charge in [0, 0.05) is 13.1 Å². The molecule has 2 fully saturated rings. The molecule has 0 bridgehead atoms. The first-order valence-electron chi connectivity index (χ1n) is 10.4. The highest BCUT2D eigenvalue weighted by Crippen LogP contribution is 2.65. The molecule has 1 unspecified atom stereocenters. The minimum Gasteiger partial charge on any atom is -0.444 e. The summed E-state index contributed by atoms with van der Waals surface area (Å²) in [4.78, 5) is 14.2. The van der Waals surface area contributed by atoms with Crippen molar-refractivity contribution < 1.29 is 9.53 Å². The third-order valence-corrected chi connectivity index (χ3v) is 6.24. The van der Waals surface area contributed by atoms with Crippen LogP contribution < -0.4 is 0 Å². The van der Waals surface area contributed by atoms with Crippen molar-refractivity contribution in [3.63, 3.8) is 0 Å². The Labute approximate surface area is 173 Å². The van der Waals surface area contributed by atoms with Crippen LogP contribution in [-0.2, 0) is 4.74 Å². The van der Waals surface area contributed by atoms with E-state index in [1.54, 1.807) is 0 Å². The van der Waals surface area contributed by atoms with E-state index in [1.807, 2.05) is 49.9 Å². The molecule has 0 aromatic heterocycles. The predicted octanol–water partition coefficient (Wildman–Crippen LogP) is 5.73. The smallest absolute Gasteiger partial charge is 0.410 e. The van der Waals surface area contributed by atoms with Crippen LogP contribution in [-0.4, -0.2) is 29.7 Å². The largest absolute Gasteiger partial charge is 0.444 e. The molecule has 150 valence electrons. The number of hydrogen-bond donors (Lipinski definition) is 0. The summed E-state index contributed by atoms with van der Waals surface area (Å²) >= 11 is 0. The number of amides is 1. The maximum atomic E-state index is 12.3. The summed E-state index contributed by atoms with van der Waals surface area (Å²) in [7, 11) is 0. The Balaban J connectivity index is 1.38. The Kier molecular flexibility index (Phi) is 4.86. The standard InChI is InChI=1S/C25H28N2O2/c1-24(2,3)29-23(28)27-13-11-25(12-14-27)16-22(25)20-9-7-19(8-10-20)21-6-4-5-18(15-21)17-26/h4-10,15,22H,11-14,16H2,1-3H3. The van der Waals surface area contributed by atoms with Crippen LogP contribution in [0.15, 0.2) is 48.5 Å². The van der Waals surface area contributed by atoms with E-state index in [2.05, 4.69) is 30.3 Å². The predicted molar refractivity (Wildman–Crippen MR) is 113 cm³/mol. The number of ether oxygens (including phenoxy) is 1. The van der Waals surface area contributed by atoms with Crippen molar-refractivity contribution in [1.29, 1.82) is 5.26 Å². The first-order chi connectivity index (χ1) is 13.8. The van der Waals surface area contributed by atoms with Crippen LogP contribution in [0.2, 0.25) is 0 Å². The van der Waals surface area contributed by atoms with Gasteiger partial charge in [0.25, 0.3) is 0 Å². The van der Waals surface area contributed by atoms with Crippen LogP contribution in [0.1, 0.15) is 57.1 Å². The first kappa shape index (κ1) is 19.5. The van der Waals surface area contributed by atoms with Gasteiger partial charge in [-0.05, 0) is 80.2 Å². The Morgan fingerprint density at radius 3 is 2.41 bits per heavy atom. The highest BCUT2D eigenvalue weighted by Gasteiger charge is 2.55. The molecule has 29 heavy (non-hydrogen) atoms. The second-order valence-electron chi connectivity index (χ2n) is 9.40. The number of carbonyl (C=O) groups is 1. The van der Waals surface area contributed by atoms with E-state index < -0.39 is 5.60 Å². The van der Waals surface area contributed by atoms with E-state index in [4.69, 9.17) is 10.00 Å². The summed E-state index contributed by atoms with van der Waals surface area (Å²) < 4.78 is 5.52. The van der Waals surface area contributed by atoms with Gasteiger partial charge in [-0.25, -0.2) is 4.79 Å². The summed E-state index contributed by atoms with van der Waals surface area (Å²) in [5.41, 5.74) is 4.19. The number of carbonyl (C=O) groups excluding carboxylic acids is 1. The monoisotopic (exact) mass is 388 g/mol. The van der Waals surface area contributed by atoms with Crippen LogP contribution in [0.25, 0.3) is 11.1 Å². The van der Waals surface area contributed by atoms with Crippen LogP contribution >= 0.6 is 0 Å². The first-order valence-corrected chi connectivity index (χ1v) is 10.4. The minimum absolute atomic E-state index is 0.187. The highest BCUT2D eigenvalue weighted by atomic mass is 16.6. The van der Waals surface area contributed by atoms with Crippen LogP contribution in [0.5, 0.6) is 0 Å². The topological polar surface area (TPSA) is 53.3 Å². The van der Waals surface area contributed by atoms with Gasteiger partial charge in [0.1, 0.15) is 5.60 Å². The minimum atomic E-state index is -0.442. The molecule has 1 atom stereocenters. The number of nitrogens with zero attached hydrogens (tertiary/aromatic N) is 2. The number of benzene rings is 2. The molecule has 1 spiro atoms. The fourth-order valence-electron chi connectivity index (χ4n) is 4.51. The molecule has 4 nitrogen and oxygen atoms in total. The highest BCUT2D eigenvalue weighted by molar-refractivity contribution is 5.68. The zero-order chi connectivity index (χ0) is 20.6. The molecule has 1 saturated carbocycles. The van der Waals surface area contributed by atoms with E-state index >= 15 is 0 Å². The maximum absolute atomic E-state index is 12.3. The van der Waals surface area contributed by atoms with Gasteiger partial charge in [0.2, 0.25) is 0 Å². The summed E-state index contributed by atoms with van der Waals surface area (Å²) in [5, 5.41) is 9.10. The van der Waals surface area contributed by atoms with Crippen LogP contribution in [0.3, 0.4) is 0 Å². The molecule has 2 aliphatic rings. The Hall–Kier alpha value is -2.80. The second kappa shape index (κ2) is 7.22. The molecule has 4 rings (SSSR count). The van der Waals surface area contributed by atoms with Crippen molar-refractivity contribution in [1.82, 2.24) is 4.90 Å². The van der Waals surface area contributed by atoms with E-state index in [-0.39, 0.29) is 6.09 Å². The summed E-state index contributed by atoms with van der Waals surface area (Å²) in [6, 6.07) is 18.7. The van der Waals surface area contributed by atoms with Crippen molar-refractivity contribution in [2.24, 2.45) is 5.41 Å². The molecule has 0 N–H and O–H groups in total. The molecular weight excluding hydrogens is 360 g/mol. The Bertz CT molecular complexity index is 942. The summed E-state index contributed by atoms with van der Waals surface area (Å²) in [6.45, 7) is 7.30. The molecule has 0 radical (unpaired) electrons. The van der Waals surface area contributed by atoms with Crippen molar-refractivity contribution in [3.8, 4) is 17.2 Å². The van der Waals surface area contributed by atoms with E-state index in [9.17, 15) is 4.79 Å². The van der Waals surface area contributed by atoms with Crippen molar-refractivity contribution >= 4 is 6.09 Å². The van der Waals surface area contributed by atoms with Gasteiger partial charge < -0.3 is 9.64 Å². The van der Waals surface area contributed by atoms with Gasteiger partial charge in [0.05, 0.1) is 11.6 Å². The average molecular weight is 389 g/mol. The van der Waals surface area contributed by atoms with Gasteiger partial charge in [-0.15, -0.1) is 0 Å². The molecule has 2 aromatic rings. The van der Waals surface area contributed by atoms with Crippen LogP contribution in [0.4, 0.5) is 4.79 Å². The fourth-order valence-corrected chi connectivity index (χ4v) is 4.51. The zero-order valence-corrected chi connectivity index (χ0v) is 17.4. The number of nitriles is 1. The van der Waals surface area contributed by atoms with Crippen molar-refractivity contribution in [2.45, 2.75) is 51.6 Å². The van der Waals surface area contributed by atoms with E-state index in [0.717, 1.165) is 37.1 Å². The SMILES string of the molecule is CC(C)(C)OC(=O)N1CCC2(CC1)CC2c1ccc(-c2cccc(C#N)c2)cc1. The van der Waals surface area contributed by atoms with Crippen LogP contribution in [0, 0.1) is 16.7 Å². The van der Waals surface area contributed by atoms with Gasteiger partial charge in [-0.1, -0.05) is 36.4 Å². The number of likely N-dealkylation sites (tertiary alicyclic amines) is 1. The van der Waals surface area contributed by atoms with Gasteiger partial charge in [-0.2, -0.15) is 5.26 Å². The molecule has 1 aliphatic heterocycles. The quantitative estimate of drug-likeness (QED) is 0.660. The Morgan fingerprint density at radius 1 is 1.10 bits per heavy atom. The van der Waals surface area contributed by atoms with Gasteiger partial charge in [-0.3, -0.25) is 0 Å². The number of rotatable bonds is 2. The lowest BCUT2D eigenvalue weighted by molar-refractivity contribution is 0.0170. The summed E-state index contributed by atoms with van der Waals surface area (Å²) in [6.07, 6.45) is 3.11. The summed E-state index contributed by atoms with van der Waals surface area (Å²) in [5.74, 6) is 0.586. The molecule has 4 heteroatoms. The molecular formula is C25H28N2O2. The normalized spacial score (nSPS) is 20.2. The van der Waals surface area contributed by atoms with E-state index in [1.165, 1.54) is 12.0 Å². The molecule has 1 heterocycles. The lowest BCUT2D eigenvalue weighted by Crippen LogP contribution is -2.42. The van der Waals surface area contributed by atoms with Gasteiger partial charge >= 0.3 is 6.09 Å². The third-order valence-electron chi connectivity index (χ3n) is 6.24. The molecule has 1 saturated heterocycles. The fraction of sp³-hybridized carbons (Fsp3) is 0.440. The Morgan fingerprint density at radius 2 is 1.79 bits per heavy atom.